The van der Waals surface area contributed by atoms with Gasteiger partial charge >= 0.3 is 6.18 Å². The lowest BCUT2D eigenvalue weighted by molar-refractivity contribution is -0.142. The molecular weight excluding hydrogens is 469 g/mol. The minimum absolute atomic E-state index is 0.0662. The van der Waals surface area contributed by atoms with Crippen molar-refractivity contribution < 1.29 is 22.8 Å². The van der Waals surface area contributed by atoms with Gasteiger partial charge in [0.1, 0.15) is 12.2 Å². The summed E-state index contributed by atoms with van der Waals surface area (Å²) in [7, 11) is 0. The van der Waals surface area contributed by atoms with Gasteiger partial charge in [-0.1, -0.05) is 25.4 Å². The van der Waals surface area contributed by atoms with Gasteiger partial charge in [-0.3, -0.25) is 9.59 Å². The van der Waals surface area contributed by atoms with E-state index in [1.807, 2.05) is 4.90 Å². The van der Waals surface area contributed by atoms with Crippen LogP contribution in [0.2, 0.25) is 5.02 Å². The molecule has 0 spiro atoms. The maximum absolute atomic E-state index is 13.7. The number of halogens is 4. The number of amides is 2. The lowest BCUT2D eigenvalue weighted by Gasteiger charge is -2.43. The average molecular weight is 497 g/mol. The molecule has 0 bridgehead atoms. The summed E-state index contributed by atoms with van der Waals surface area (Å²) in [5.41, 5.74) is -0.294. The third-order valence-corrected chi connectivity index (χ3v) is 7.90. The standard InChI is InChI=1S/C24H28ClF3N4O2/c1-23(2)7-5-16(6-8-23)31-10-9-30(13-19(31)33)22(34)21-20(25)17-11-15(14-3-4-14)12-18(24(26,27)28)32(17)29-21/h11-12,14,16H,3-10,13H2,1-2H3. The van der Waals surface area contributed by atoms with Crippen molar-refractivity contribution in [1.82, 2.24) is 19.4 Å². The van der Waals surface area contributed by atoms with Crippen molar-refractivity contribution in [2.45, 2.75) is 70.5 Å². The molecular formula is C24H28ClF3N4O2. The third kappa shape index (κ3) is 4.27. The number of alkyl halides is 3. The fourth-order valence-corrected chi connectivity index (χ4v) is 5.47. The highest BCUT2D eigenvalue weighted by Gasteiger charge is 2.40. The van der Waals surface area contributed by atoms with Crippen LogP contribution in [0.3, 0.4) is 0 Å². The van der Waals surface area contributed by atoms with Crippen molar-refractivity contribution in [3.05, 3.63) is 34.1 Å². The predicted molar refractivity (Wildman–Crippen MR) is 121 cm³/mol. The normalized spacial score (nSPS) is 22.0. The van der Waals surface area contributed by atoms with Crippen LogP contribution in [0.4, 0.5) is 13.2 Å². The van der Waals surface area contributed by atoms with Gasteiger partial charge < -0.3 is 9.80 Å². The van der Waals surface area contributed by atoms with Crippen LogP contribution in [0.5, 0.6) is 0 Å². The summed E-state index contributed by atoms with van der Waals surface area (Å²) in [5, 5.41) is 3.86. The Balaban J connectivity index is 1.38. The van der Waals surface area contributed by atoms with Crippen LogP contribution < -0.4 is 0 Å². The summed E-state index contributed by atoms with van der Waals surface area (Å²) >= 11 is 6.41. The number of aromatic nitrogens is 2. The first-order chi connectivity index (χ1) is 15.9. The largest absolute Gasteiger partial charge is 0.433 e. The molecule has 3 aliphatic rings. The Kier molecular flexibility index (Phi) is 5.61. The van der Waals surface area contributed by atoms with E-state index in [4.69, 9.17) is 11.6 Å². The molecule has 2 amide bonds. The van der Waals surface area contributed by atoms with E-state index in [2.05, 4.69) is 18.9 Å². The molecule has 184 valence electrons. The molecule has 3 fully saturated rings. The van der Waals surface area contributed by atoms with E-state index < -0.39 is 17.8 Å². The van der Waals surface area contributed by atoms with Gasteiger partial charge in [-0.15, -0.1) is 0 Å². The molecule has 2 aromatic rings. The van der Waals surface area contributed by atoms with Crippen LogP contribution in [0.1, 0.15) is 80.0 Å². The number of nitrogens with zero attached hydrogens (tertiary/aromatic N) is 4. The van der Waals surface area contributed by atoms with E-state index in [0.29, 0.717) is 23.2 Å². The summed E-state index contributed by atoms with van der Waals surface area (Å²) in [5.74, 6) is -0.684. The van der Waals surface area contributed by atoms with E-state index in [9.17, 15) is 22.8 Å². The van der Waals surface area contributed by atoms with Crippen molar-refractivity contribution in [1.29, 1.82) is 0 Å². The van der Waals surface area contributed by atoms with Gasteiger partial charge in [0.05, 0.1) is 10.5 Å². The molecule has 2 saturated carbocycles. The average Bonchev–Trinajstić information content (AvgIpc) is 3.56. The topological polar surface area (TPSA) is 57.9 Å². The Bertz CT molecular complexity index is 1150. The Morgan fingerprint density at radius 3 is 2.38 bits per heavy atom. The zero-order valence-electron chi connectivity index (χ0n) is 19.3. The molecule has 3 heterocycles. The van der Waals surface area contributed by atoms with Crippen LogP contribution in [-0.2, 0) is 11.0 Å². The second-order valence-electron chi connectivity index (χ2n) is 10.6. The Morgan fingerprint density at radius 1 is 1.12 bits per heavy atom. The molecule has 1 aliphatic heterocycles. The van der Waals surface area contributed by atoms with E-state index in [1.54, 1.807) is 6.07 Å². The molecule has 2 aromatic heterocycles. The van der Waals surface area contributed by atoms with E-state index in [-0.39, 0.29) is 46.1 Å². The fourth-order valence-electron chi connectivity index (χ4n) is 5.22. The van der Waals surface area contributed by atoms with Gasteiger partial charge in [-0.05, 0) is 67.6 Å². The number of hydrogen-bond acceptors (Lipinski definition) is 3. The van der Waals surface area contributed by atoms with Gasteiger partial charge in [0.25, 0.3) is 5.91 Å². The molecule has 0 atom stereocenters. The first kappa shape index (κ1) is 23.5. The first-order valence-electron chi connectivity index (χ1n) is 11.8. The van der Waals surface area contributed by atoms with Crippen LogP contribution in [0, 0.1) is 5.41 Å². The number of carbonyl (C=O) groups is 2. The number of rotatable bonds is 3. The smallest absolute Gasteiger partial charge is 0.336 e. The minimum atomic E-state index is -4.64. The highest BCUT2D eigenvalue weighted by molar-refractivity contribution is 6.36. The summed E-state index contributed by atoms with van der Waals surface area (Å²) in [6.07, 6.45) is 0.987. The third-order valence-electron chi connectivity index (χ3n) is 7.53. The molecule has 5 rings (SSSR count). The molecule has 1 saturated heterocycles. The van der Waals surface area contributed by atoms with Gasteiger partial charge in [0.15, 0.2) is 5.69 Å². The number of piperazine rings is 1. The van der Waals surface area contributed by atoms with Gasteiger partial charge in [-0.2, -0.15) is 18.3 Å². The van der Waals surface area contributed by atoms with E-state index >= 15 is 0 Å². The molecule has 34 heavy (non-hydrogen) atoms. The van der Waals surface area contributed by atoms with Crippen LogP contribution in [-0.4, -0.2) is 56.9 Å². The van der Waals surface area contributed by atoms with Gasteiger partial charge in [-0.25, -0.2) is 4.52 Å². The predicted octanol–water partition coefficient (Wildman–Crippen LogP) is 5.14. The lowest BCUT2D eigenvalue weighted by atomic mass is 9.75. The van der Waals surface area contributed by atoms with Crippen molar-refractivity contribution in [3.8, 4) is 0 Å². The number of hydrogen-bond donors (Lipinski definition) is 0. The molecule has 10 heteroatoms. The number of pyridine rings is 1. The van der Waals surface area contributed by atoms with Crippen molar-refractivity contribution in [2.24, 2.45) is 5.41 Å². The molecule has 0 unspecified atom stereocenters. The maximum Gasteiger partial charge on any atom is 0.433 e. The highest BCUT2D eigenvalue weighted by atomic mass is 35.5. The molecule has 0 N–H and O–H groups in total. The molecule has 0 aromatic carbocycles. The zero-order chi connectivity index (χ0) is 24.4. The van der Waals surface area contributed by atoms with Crippen LogP contribution in [0.25, 0.3) is 5.52 Å². The molecule has 6 nitrogen and oxygen atoms in total. The summed E-state index contributed by atoms with van der Waals surface area (Å²) in [4.78, 5) is 29.3. The van der Waals surface area contributed by atoms with Crippen molar-refractivity contribution in [3.63, 3.8) is 0 Å². The van der Waals surface area contributed by atoms with Crippen LogP contribution >= 0.6 is 11.6 Å². The maximum atomic E-state index is 13.7. The number of fused-ring (bicyclic) bond motifs is 1. The summed E-state index contributed by atoms with van der Waals surface area (Å²) in [6.45, 7) is 5.05. The second-order valence-corrected chi connectivity index (χ2v) is 11.0. The SMILES string of the molecule is CC1(C)CCC(N2CCN(C(=O)c3nn4c(C(F)(F)F)cc(C5CC5)cc4c3Cl)CC2=O)CC1. The quantitative estimate of drug-likeness (QED) is 0.591. The van der Waals surface area contributed by atoms with E-state index in [1.165, 1.54) is 4.90 Å². The number of carbonyl (C=O) groups excluding carboxylic acids is 2. The zero-order valence-corrected chi connectivity index (χ0v) is 20.0. The Labute approximate surface area is 201 Å². The van der Waals surface area contributed by atoms with Gasteiger partial charge in [0, 0.05) is 19.1 Å². The summed E-state index contributed by atoms with van der Waals surface area (Å²) in [6, 6.07) is 2.86. The fraction of sp³-hybridized carbons (Fsp3) is 0.625. The highest BCUT2D eigenvalue weighted by Crippen LogP contribution is 2.43. The second kappa shape index (κ2) is 8.14. The molecule has 2 aliphatic carbocycles. The molecule has 0 radical (unpaired) electrons. The summed E-state index contributed by atoms with van der Waals surface area (Å²) < 4.78 is 42.0. The van der Waals surface area contributed by atoms with Crippen LogP contribution in [0.15, 0.2) is 12.1 Å². The lowest BCUT2D eigenvalue weighted by Crippen LogP contribution is -2.56. The monoisotopic (exact) mass is 496 g/mol. The van der Waals surface area contributed by atoms with Gasteiger partial charge in [0.2, 0.25) is 5.91 Å². The van der Waals surface area contributed by atoms with Crippen molar-refractivity contribution >= 4 is 28.9 Å². The first-order valence-corrected chi connectivity index (χ1v) is 12.2. The minimum Gasteiger partial charge on any atom is -0.336 e. The van der Waals surface area contributed by atoms with Crippen molar-refractivity contribution in [2.75, 3.05) is 19.6 Å². The Morgan fingerprint density at radius 2 is 1.79 bits per heavy atom. The van der Waals surface area contributed by atoms with E-state index in [0.717, 1.165) is 44.6 Å². The Hall–Kier alpha value is -2.29.